The zero-order valence-electron chi connectivity index (χ0n) is 15.3. The third kappa shape index (κ3) is 4.30. The number of likely N-dealkylation sites (tertiary alicyclic amines) is 1. The van der Waals surface area contributed by atoms with Crippen LogP contribution < -0.4 is 10.2 Å². The SMILES string of the molecule is CCN1CCC[C@@H]1CNC(=O)C1CCN(c2ccc([N+](=O)[O-])cn2)CC1. The maximum Gasteiger partial charge on any atom is 0.287 e. The number of anilines is 1. The number of amides is 1. The lowest BCUT2D eigenvalue weighted by molar-refractivity contribution is -0.385. The van der Waals surface area contributed by atoms with Crippen LogP contribution in [-0.2, 0) is 4.79 Å². The fourth-order valence-electron chi connectivity index (χ4n) is 3.95. The second-order valence-electron chi connectivity index (χ2n) is 7.06. The minimum absolute atomic E-state index is 0.00366. The van der Waals surface area contributed by atoms with Crippen molar-refractivity contribution in [2.45, 2.75) is 38.6 Å². The van der Waals surface area contributed by atoms with Crippen molar-refractivity contribution >= 4 is 17.4 Å². The second kappa shape index (κ2) is 8.44. The van der Waals surface area contributed by atoms with Crippen molar-refractivity contribution in [3.63, 3.8) is 0 Å². The Morgan fingerprint density at radius 1 is 1.31 bits per heavy atom. The summed E-state index contributed by atoms with van der Waals surface area (Å²) in [7, 11) is 0. The van der Waals surface area contributed by atoms with Gasteiger partial charge in [-0.1, -0.05) is 6.92 Å². The van der Waals surface area contributed by atoms with Gasteiger partial charge in [0.05, 0.1) is 4.92 Å². The van der Waals surface area contributed by atoms with Crippen LogP contribution in [0.4, 0.5) is 11.5 Å². The van der Waals surface area contributed by atoms with Crippen molar-refractivity contribution in [2.24, 2.45) is 5.92 Å². The number of likely N-dealkylation sites (N-methyl/N-ethyl adjacent to an activating group) is 1. The third-order valence-corrected chi connectivity index (χ3v) is 5.55. The van der Waals surface area contributed by atoms with Crippen molar-refractivity contribution < 1.29 is 9.72 Å². The molecule has 2 aliphatic rings. The van der Waals surface area contributed by atoms with Crippen LogP contribution in [0.15, 0.2) is 18.3 Å². The van der Waals surface area contributed by atoms with Crippen molar-refractivity contribution in [3.8, 4) is 0 Å². The molecule has 2 aliphatic heterocycles. The molecule has 1 amide bonds. The molecule has 142 valence electrons. The highest BCUT2D eigenvalue weighted by Crippen LogP contribution is 2.23. The van der Waals surface area contributed by atoms with Crippen molar-refractivity contribution in [1.29, 1.82) is 0 Å². The number of pyridine rings is 1. The standard InChI is InChI=1S/C18H27N5O3/c1-2-21-9-3-4-15(21)12-20-18(24)14-7-10-22(11-8-14)17-6-5-16(13-19-17)23(25)26/h5-6,13-15H,2-4,7-12H2,1H3,(H,20,24)/t15-/m1/s1. The summed E-state index contributed by atoms with van der Waals surface area (Å²) < 4.78 is 0. The molecule has 1 atom stereocenters. The van der Waals surface area contributed by atoms with Crippen LogP contribution in [0.1, 0.15) is 32.6 Å². The van der Waals surface area contributed by atoms with Gasteiger partial charge in [-0.3, -0.25) is 19.8 Å². The summed E-state index contributed by atoms with van der Waals surface area (Å²) in [4.78, 5) is 31.4. The van der Waals surface area contributed by atoms with Crippen LogP contribution in [0.25, 0.3) is 0 Å². The summed E-state index contributed by atoms with van der Waals surface area (Å²) in [6.07, 6.45) is 5.24. The Bertz CT molecular complexity index is 628. The van der Waals surface area contributed by atoms with Gasteiger partial charge in [0.1, 0.15) is 12.0 Å². The average Bonchev–Trinajstić information content (AvgIpc) is 3.14. The van der Waals surface area contributed by atoms with Gasteiger partial charge in [-0.05, 0) is 44.8 Å². The molecule has 0 spiro atoms. The quantitative estimate of drug-likeness (QED) is 0.614. The number of carbonyl (C=O) groups excluding carboxylic acids is 1. The van der Waals surface area contributed by atoms with Crippen molar-refractivity contribution in [1.82, 2.24) is 15.2 Å². The molecular formula is C18H27N5O3. The Labute approximate surface area is 153 Å². The fraction of sp³-hybridized carbons (Fsp3) is 0.667. The minimum Gasteiger partial charge on any atom is -0.357 e. The predicted octanol–water partition coefficient (Wildman–Crippen LogP) is 1.81. The zero-order chi connectivity index (χ0) is 18.5. The summed E-state index contributed by atoms with van der Waals surface area (Å²) in [5.41, 5.74) is -0.00366. The molecule has 0 bridgehead atoms. The van der Waals surface area contributed by atoms with E-state index >= 15 is 0 Å². The smallest absolute Gasteiger partial charge is 0.287 e. The Balaban J connectivity index is 1.45. The molecule has 1 aromatic rings. The number of aromatic nitrogens is 1. The van der Waals surface area contributed by atoms with Gasteiger partial charge in [-0.2, -0.15) is 0 Å². The first-order chi connectivity index (χ1) is 12.6. The number of piperidine rings is 1. The third-order valence-electron chi connectivity index (χ3n) is 5.55. The van der Waals surface area contributed by atoms with E-state index in [4.69, 9.17) is 0 Å². The maximum absolute atomic E-state index is 12.5. The van der Waals surface area contributed by atoms with Gasteiger partial charge >= 0.3 is 0 Å². The fourth-order valence-corrected chi connectivity index (χ4v) is 3.95. The van der Waals surface area contributed by atoms with E-state index in [1.807, 2.05) is 0 Å². The van der Waals surface area contributed by atoms with E-state index in [0.717, 1.165) is 51.4 Å². The zero-order valence-corrected chi connectivity index (χ0v) is 15.3. The van der Waals surface area contributed by atoms with Crippen LogP contribution in [0.2, 0.25) is 0 Å². The van der Waals surface area contributed by atoms with Crippen molar-refractivity contribution in [3.05, 3.63) is 28.4 Å². The molecule has 0 aliphatic carbocycles. The largest absolute Gasteiger partial charge is 0.357 e. The van der Waals surface area contributed by atoms with E-state index in [0.29, 0.717) is 6.04 Å². The first-order valence-electron chi connectivity index (χ1n) is 9.45. The molecule has 8 nitrogen and oxygen atoms in total. The van der Waals surface area contributed by atoms with E-state index in [1.165, 1.54) is 25.1 Å². The number of nitrogens with one attached hydrogen (secondary N) is 1. The lowest BCUT2D eigenvalue weighted by atomic mass is 9.95. The molecule has 3 heterocycles. The molecule has 2 fully saturated rings. The van der Waals surface area contributed by atoms with Crippen LogP contribution >= 0.6 is 0 Å². The van der Waals surface area contributed by atoms with Crippen LogP contribution in [-0.4, -0.2) is 59.5 Å². The minimum atomic E-state index is -0.447. The normalized spacial score (nSPS) is 21.7. The molecule has 8 heteroatoms. The molecule has 0 saturated carbocycles. The van der Waals surface area contributed by atoms with Gasteiger partial charge in [-0.15, -0.1) is 0 Å². The lowest BCUT2D eigenvalue weighted by Crippen LogP contribution is -2.45. The van der Waals surface area contributed by atoms with Gasteiger partial charge in [-0.25, -0.2) is 4.98 Å². The molecule has 0 unspecified atom stereocenters. The highest BCUT2D eigenvalue weighted by Gasteiger charge is 2.28. The van der Waals surface area contributed by atoms with Gasteiger partial charge < -0.3 is 10.2 Å². The van der Waals surface area contributed by atoms with Gasteiger partial charge in [0.15, 0.2) is 0 Å². The van der Waals surface area contributed by atoms with Crippen LogP contribution in [0, 0.1) is 16.0 Å². The topological polar surface area (TPSA) is 91.6 Å². The monoisotopic (exact) mass is 361 g/mol. The summed E-state index contributed by atoms with van der Waals surface area (Å²) in [5, 5.41) is 13.9. The summed E-state index contributed by atoms with van der Waals surface area (Å²) in [5.74, 6) is 0.934. The average molecular weight is 361 g/mol. The predicted molar refractivity (Wildman–Crippen MR) is 99.1 cm³/mol. The molecule has 1 aromatic heterocycles. The number of hydrogen-bond donors (Lipinski definition) is 1. The lowest BCUT2D eigenvalue weighted by Gasteiger charge is -2.32. The molecule has 0 aromatic carbocycles. The van der Waals surface area contributed by atoms with E-state index in [9.17, 15) is 14.9 Å². The number of hydrogen-bond acceptors (Lipinski definition) is 6. The molecule has 26 heavy (non-hydrogen) atoms. The second-order valence-corrected chi connectivity index (χ2v) is 7.06. The van der Waals surface area contributed by atoms with Crippen molar-refractivity contribution in [2.75, 3.05) is 37.6 Å². The molecule has 0 radical (unpaired) electrons. The maximum atomic E-state index is 12.5. The number of nitrogens with zero attached hydrogens (tertiary/aromatic N) is 4. The molecule has 3 rings (SSSR count). The highest BCUT2D eigenvalue weighted by molar-refractivity contribution is 5.79. The van der Waals surface area contributed by atoms with E-state index in [2.05, 4.69) is 27.0 Å². The summed E-state index contributed by atoms with van der Waals surface area (Å²) >= 11 is 0. The van der Waals surface area contributed by atoms with E-state index < -0.39 is 4.92 Å². The van der Waals surface area contributed by atoms with Crippen LogP contribution in [0.3, 0.4) is 0 Å². The number of carbonyl (C=O) groups is 1. The van der Waals surface area contributed by atoms with Gasteiger partial charge in [0.2, 0.25) is 5.91 Å². The summed E-state index contributed by atoms with van der Waals surface area (Å²) in [6.45, 7) is 6.58. The van der Waals surface area contributed by atoms with Gasteiger partial charge in [0.25, 0.3) is 5.69 Å². The molecular weight excluding hydrogens is 334 g/mol. The Morgan fingerprint density at radius 2 is 2.08 bits per heavy atom. The first-order valence-corrected chi connectivity index (χ1v) is 9.45. The number of nitro groups is 1. The van der Waals surface area contributed by atoms with Crippen LogP contribution in [0.5, 0.6) is 0 Å². The number of rotatable bonds is 6. The molecule has 1 N–H and O–H groups in total. The van der Waals surface area contributed by atoms with E-state index in [1.54, 1.807) is 6.07 Å². The highest BCUT2D eigenvalue weighted by atomic mass is 16.6. The Kier molecular flexibility index (Phi) is 6.03. The first kappa shape index (κ1) is 18.6. The van der Waals surface area contributed by atoms with Gasteiger partial charge in [0, 0.05) is 37.7 Å². The molecule has 2 saturated heterocycles. The summed E-state index contributed by atoms with van der Waals surface area (Å²) in [6, 6.07) is 3.63. The Hall–Kier alpha value is -2.22. The Morgan fingerprint density at radius 3 is 2.69 bits per heavy atom. The van der Waals surface area contributed by atoms with E-state index in [-0.39, 0.29) is 17.5 Å².